The van der Waals surface area contributed by atoms with Crippen LogP contribution in [0.25, 0.3) is 10.9 Å². The van der Waals surface area contributed by atoms with Crippen LogP contribution in [0.3, 0.4) is 0 Å². The largest absolute Gasteiger partial charge is 0.343 e. The Labute approximate surface area is 187 Å². The Morgan fingerprint density at radius 2 is 1.72 bits per heavy atom. The molecule has 1 aliphatic rings. The van der Waals surface area contributed by atoms with Crippen LogP contribution >= 0.6 is 11.6 Å². The van der Waals surface area contributed by atoms with Gasteiger partial charge in [-0.3, -0.25) is 0 Å². The fourth-order valence-electron chi connectivity index (χ4n) is 4.07. The summed E-state index contributed by atoms with van der Waals surface area (Å²) in [6.07, 6.45) is -0.432. The van der Waals surface area contributed by atoms with Crippen molar-refractivity contribution < 1.29 is 26.0 Å². The standard InChI is InChI=1S/C21H20ClF4N3O2S/c1-19(2)11-21(25,26)12-28(19)18-17-15(22)5-4-6-16(17)29(27-18)32(30,31)14-9-7-13(8-10-14)20(3,23)24/h4-10H,11-12H2,1-3H3. The number of hydrogen-bond donors (Lipinski definition) is 0. The number of anilines is 1. The number of benzene rings is 2. The molecule has 0 radical (unpaired) electrons. The van der Waals surface area contributed by atoms with Crippen molar-refractivity contribution in [2.24, 2.45) is 0 Å². The van der Waals surface area contributed by atoms with Gasteiger partial charge in [0.05, 0.1) is 27.4 Å². The maximum Gasteiger partial charge on any atom is 0.283 e. The molecule has 3 aromatic rings. The van der Waals surface area contributed by atoms with Gasteiger partial charge in [-0.15, -0.1) is 5.10 Å². The first-order valence-electron chi connectivity index (χ1n) is 9.70. The minimum Gasteiger partial charge on any atom is -0.343 e. The van der Waals surface area contributed by atoms with Crippen LogP contribution in [0.2, 0.25) is 5.02 Å². The quantitative estimate of drug-likeness (QED) is 0.444. The summed E-state index contributed by atoms with van der Waals surface area (Å²) in [5.74, 6) is -6.09. The van der Waals surface area contributed by atoms with Gasteiger partial charge in [-0.1, -0.05) is 29.8 Å². The predicted octanol–water partition coefficient (Wildman–Crippen LogP) is 5.66. The molecular weight excluding hydrogens is 470 g/mol. The summed E-state index contributed by atoms with van der Waals surface area (Å²) in [5.41, 5.74) is -1.25. The van der Waals surface area contributed by atoms with Gasteiger partial charge in [0.25, 0.3) is 21.9 Å². The van der Waals surface area contributed by atoms with E-state index in [1.807, 2.05) is 0 Å². The molecule has 2 aromatic carbocycles. The zero-order valence-electron chi connectivity index (χ0n) is 17.4. The molecule has 0 bridgehead atoms. The number of rotatable bonds is 4. The van der Waals surface area contributed by atoms with Crippen molar-refractivity contribution in [2.45, 2.75) is 49.5 Å². The van der Waals surface area contributed by atoms with Crippen LogP contribution in [0, 0.1) is 0 Å². The van der Waals surface area contributed by atoms with Crippen LogP contribution in [-0.4, -0.2) is 35.6 Å². The first-order valence-corrected chi connectivity index (χ1v) is 11.5. The van der Waals surface area contributed by atoms with Gasteiger partial charge in [0.15, 0.2) is 5.82 Å². The van der Waals surface area contributed by atoms with Crippen LogP contribution < -0.4 is 4.90 Å². The molecule has 0 aliphatic carbocycles. The molecular formula is C21H20ClF4N3O2S. The second kappa shape index (κ2) is 7.08. The molecule has 0 saturated carbocycles. The normalized spacial score (nSPS) is 18.4. The first kappa shape index (κ1) is 22.8. The summed E-state index contributed by atoms with van der Waals surface area (Å²) in [5, 5.41) is 4.58. The van der Waals surface area contributed by atoms with Gasteiger partial charge in [0, 0.05) is 24.4 Å². The van der Waals surface area contributed by atoms with Crippen molar-refractivity contribution in [1.29, 1.82) is 0 Å². The third-order valence-corrected chi connectivity index (χ3v) is 7.48. The molecule has 32 heavy (non-hydrogen) atoms. The van der Waals surface area contributed by atoms with Crippen LogP contribution in [0.4, 0.5) is 23.4 Å². The number of aromatic nitrogens is 2. The van der Waals surface area contributed by atoms with Crippen LogP contribution in [0.5, 0.6) is 0 Å². The van der Waals surface area contributed by atoms with E-state index < -0.39 is 40.4 Å². The summed E-state index contributed by atoms with van der Waals surface area (Å²) in [7, 11) is -4.33. The molecule has 2 heterocycles. The lowest BCUT2D eigenvalue weighted by atomic mass is 10.0. The minimum atomic E-state index is -4.33. The van der Waals surface area contributed by atoms with Gasteiger partial charge in [-0.2, -0.15) is 12.5 Å². The molecule has 1 fully saturated rings. The molecule has 1 aliphatic heterocycles. The van der Waals surface area contributed by atoms with Gasteiger partial charge in [-0.25, -0.2) is 17.6 Å². The number of halogens is 5. The number of hydrogen-bond acceptors (Lipinski definition) is 4. The summed E-state index contributed by atoms with van der Waals surface area (Å²) in [6.45, 7) is 3.30. The van der Waals surface area contributed by atoms with Crippen molar-refractivity contribution in [3.63, 3.8) is 0 Å². The molecule has 172 valence electrons. The highest BCUT2D eigenvalue weighted by Crippen LogP contribution is 2.45. The molecule has 1 saturated heterocycles. The molecule has 0 spiro atoms. The first-order chi connectivity index (χ1) is 14.6. The van der Waals surface area contributed by atoms with E-state index in [2.05, 4.69) is 5.10 Å². The molecule has 0 amide bonds. The Hall–Kier alpha value is -2.33. The highest BCUT2D eigenvalue weighted by Gasteiger charge is 2.51. The number of nitrogens with zero attached hydrogens (tertiary/aromatic N) is 3. The summed E-state index contributed by atoms with van der Waals surface area (Å²) >= 11 is 6.34. The average Bonchev–Trinajstić information content (AvgIpc) is 3.16. The van der Waals surface area contributed by atoms with Gasteiger partial charge in [0.2, 0.25) is 0 Å². The van der Waals surface area contributed by atoms with E-state index >= 15 is 0 Å². The smallest absolute Gasteiger partial charge is 0.283 e. The average molecular weight is 490 g/mol. The Bertz CT molecular complexity index is 1300. The minimum absolute atomic E-state index is 0.0214. The summed E-state index contributed by atoms with van der Waals surface area (Å²) in [4.78, 5) is 1.08. The predicted molar refractivity (Wildman–Crippen MR) is 114 cm³/mol. The maximum absolute atomic E-state index is 14.2. The van der Waals surface area contributed by atoms with Crippen LogP contribution in [0.1, 0.15) is 32.8 Å². The summed E-state index contributed by atoms with van der Waals surface area (Å²) < 4.78 is 82.9. The fourth-order valence-corrected chi connectivity index (χ4v) is 5.60. The van der Waals surface area contributed by atoms with Gasteiger partial charge in [0.1, 0.15) is 0 Å². The van der Waals surface area contributed by atoms with E-state index in [1.165, 1.54) is 23.1 Å². The lowest BCUT2D eigenvalue weighted by molar-refractivity contribution is 0.0170. The van der Waals surface area contributed by atoms with E-state index in [4.69, 9.17) is 11.6 Å². The van der Waals surface area contributed by atoms with E-state index in [-0.39, 0.29) is 32.2 Å². The third-order valence-electron chi connectivity index (χ3n) is 5.56. The van der Waals surface area contributed by atoms with Gasteiger partial charge < -0.3 is 4.90 Å². The molecule has 1 aromatic heterocycles. The van der Waals surface area contributed by atoms with E-state index in [9.17, 15) is 26.0 Å². The highest BCUT2D eigenvalue weighted by molar-refractivity contribution is 7.90. The Balaban J connectivity index is 1.90. The number of alkyl halides is 4. The molecule has 0 N–H and O–H groups in total. The van der Waals surface area contributed by atoms with Crippen LogP contribution in [-0.2, 0) is 15.9 Å². The second-order valence-electron chi connectivity index (χ2n) is 8.65. The van der Waals surface area contributed by atoms with Crippen molar-refractivity contribution in [3.8, 4) is 0 Å². The molecule has 11 heteroatoms. The maximum atomic E-state index is 14.2. The Kier molecular flexibility index (Phi) is 5.06. The summed E-state index contributed by atoms with van der Waals surface area (Å²) in [6, 6.07) is 8.68. The van der Waals surface area contributed by atoms with E-state index in [0.29, 0.717) is 6.92 Å². The monoisotopic (exact) mass is 489 g/mol. The second-order valence-corrected chi connectivity index (χ2v) is 10.8. The lowest BCUT2D eigenvalue weighted by Gasteiger charge is -2.30. The lowest BCUT2D eigenvalue weighted by Crippen LogP contribution is -2.38. The van der Waals surface area contributed by atoms with Crippen molar-refractivity contribution in [2.75, 3.05) is 11.4 Å². The van der Waals surface area contributed by atoms with Crippen molar-refractivity contribution >= 4 is 38.3 Å². The third kappa shape index (κ3) is 3.73. The molecule has 0 unspecified atom stereocenters. The zero-order valence-corrected chi connectivity index (χ0v) is 19.0. The zero-order chi connectivity index (χ0) is 23.7. The van der Waals surface area contributed by atoms with E-state index in [0.717, 1.165) is 28.4 Å². The molecule has 5 nitrogen and oxygen atoms in total. The van der Waals surface area contributed by atoms with Crippen molar-refractivity contribution in [3.05, 3.63) is 53.1 Å². The molecule has 4 rings (SSSR count). The van der Waals surface area contributed by atoms with Gasteiger partial charge in [-0.05, 0) is 38.1 Å². The number of fused-ring (bicyclic) bond motifs is 1. The SMILES string of the molecule is CC(F)(F)c1ccc(S(=O)(=O)n2nc(N3CC(F)(F)CC3(C)C)c3c(Cl)cccc32)cc1. The Morgan fingerprint density at radius 3 is 2.25 bits per heavy atom. The topological polar surface area (TPSA) is 55.2 Å². The fraction of sp³-hybridized carbons (Fsp3) is 0.381. The van der Waals surface area contributed by atoms with E-state index in [1.54, 1.807) is 13.8 Å². The molecule has 0 atom stereocenters. The Morgan fingerprint density at radius 1 is 1.09 bits per heavy atom. The van der Waals surface area contributed by atoms with Crippen molar-refractivity contribution in [1.82, 2.24) is 9.19 Å². The van der Waals surface area contributed by atoms with Gasteiger partial charge >= 0.3 is 0 Å². The van der Waals surface area contributed by atoms with Crippen LogP contribution in [0.15, 0.2) is 47.4 Å². The highest BCUT2D eigenvalue weighted by atomic mass is 35.5.